The Labute approximate surface area is 133 Å². The SMILES string of the molecule is O=C1CCC(C(=O)OCC(=O)Nc2ccc(C(F)(F)F)cc2)=NN1. The second-order valence-electron chi connectivity index (χ2n) is 4.79. The molecule has 1 aromatic rings. The third kappa shape index (κ3) is 4.80. The van der Waals surface area contributed by atoms with Crippen molar-refractivity contribution in [2.75, 3.05) is 11.9 Å². The second-order valence-corrected chi connectivity index (χ2v) is 4.79. The molecule has 0 spiro atoms. The minimum absolute atomic E-state index is 0.0167. The van der Waals surface area contributed by atoms with Gasteiger partial charge in [-0.1, -0.05) is 0 Å². The molecule has 1 aliphatic rings. The number of carbonyl (C=O) groups excluding carboxylic acids is 3. The molecule has 1 heterocycles. The molecule has 0 saturated carbocycles. The van der Waals surface area contributed by atoms with Crippen molar-refractivity contribution < 1.29 is 32.3 Å². The van der Waals surface area contributed by atoms with Crippen molar-refractivity contribution in [3.8, 4) is 0 Å². The van der Waals surface area contributed by atoms with Gasteiger partial charge < -0.3 is 10.1 Å². The Morgan fingerprint density at radius 2 is 1.88 bits per heavy atom. The number of nitrogens with zero attached hydrogens (tertiary/aromatic N) is 1. The number of hydrazone groups is 1. The predicted molar refractivity (Wildman–Crippen MR) is 75.8 cm³/mol. The lowest BCUT2D eigenvalue weighted by Crippen LogP contribution is -2.32. The highest BCUT2D eigenvalue weighted by atomic mass is 19.4. The van der Waals surface area contributed by atoms with Crippen molar-refractivity contribution in [2.45, 2.75) is 19.0 Å². The number of anilines is 1. The van der Waals surface area contributed by atoms with E-state index in [2.05, 4.69) is 15.8 Å². The average molecular weight is 343 g/mol. The highest BCUT2D eigenvalue weighted by Gasteiger charge is 2.30. The zero-order chi connectivity index (χ0) is 17.7. The van der Waals surface area contributed by atoms with Gasteiger partial charge in [-0.3, -0.25) is 9.59 Å². The number of hydrogen-bond donors (Lipinski definition) is 2. The van der Waals surface area contributed by atoms with Gasteiger partial charge in [-0.25, -0.2) is 10.2 Å². The largest absolute Gasteiger partial charge is 0.451 e. The number of ether oxygens (including phenoxy) is 1. The van der Waals surface area contributed by atoms with Crippen LogP contribution in [0.2, 0.25) is 0 Å². The predicted octanol–water partition coefficient (Wildman–Crippen LogP) is 1.45. The van der Waals surface area contributed by atoms with Crippen molar-refractivity contribution in [3.63, 3.8) is 0 Å². The summed E-state index contributed by atoms with van der Waals surface area (Å²) in [4.78, 5) is 34.1. The molecule has 0 aliphatic carbocycles. The lowest BCUT2D eigenvalue weighted by molar-refractivity contribution is -0.140. The first-order valence-electron chi connectivity index (χ1n) is 6.75. The van der Waals surface area contributed by atoms with Crippen molar-refractivity contribution in [2.24, 2.45) is 5.10 Å². The summed E-state index contributed by atoms with van der Waals surface area (Å²) in [5.41, 5.74) is 1.38. The Morgan fingerprint density at radius 1 is 1.21 bits per heavy atom. The number of alkyl halides is 3. The molecule has 0 fully saturated rings. The Hall–Kier alpha value is -2.91. The van der Waals surface area contributed by atoms with E-state index in [-0.39, 0.29) is 30.1 Å². The van der Waals surface area contributed by atoms with E-state index >= 15 is 0 Å². The van der Waals surface area contributed by atoms with Crippen LogP contribution < -0.4 is 10.7 Å². The molecule has 0 radical (unpaired) electrons. The maximum absolute atomic E-state index is 12.4. The summed E-state index contributed by atoms with van der Waals surface area (Å²) >= 11 is 0. The molecule has 10 heteroatoms. The van der Waals surface area contributed by atoms with Crippen LogP contribution in [0.4, 0.5) is 18.9 Å². The Morgan fingerprint density at radius 3 is 2.42 bits per heavy atom. The van der Waals surface area contributed by atoms with Gasteiger partial charge in [-0.05, 0) is 24.3 Å². The van der Waals surface area contributed by atoms with E-state index in [1.807, 2.05) is 0 Å². The van der Waals surface area contributed by atoms with E-state index < -0.39 is 30.2 Å². The van der Waals surface area contributed by atoms with Gasteiger partial charge in [0.15, 0.2) is 6.61 Å². The van der Waals surface area contributed by atoms with Gasteiger partial charge >= 0.3 is 12.1 Å². The summed E-state index contributed by atoms with van der Waals surface area (Å²) in [6, 6.07) is 3.81. The highest BCUT2D eigenvalue weighted by Crippen LogP contribution is 2.29. The fourth-order valence-electron chi connectivity index (χ4n) is 1.78. The summed E-state index contributed by atoms with van der Waals surface area (Å²) < 4.78 is 41.9. The molecular weight excluding hydrogens is 331 g/mol. The molecule has 2 N–H and O–H groups in total. The maximum Gasteiger partial charge on any atom is 0.416 e. The molecule has 1 aromatic carbocycles. The fraction of sp³-hybridized carbons (Fsp3) is 0.286. The van der Waals surface area contributed by atoms with Crippen LogP contribution in [0.15, 0.2) is 29.4 Å². The fourth-order valence-corrected chi connectivity index (χ4v) is 1.78. The van der Waals surface area contributed by atoms with Crippen LogP contribution in [0.5, 0.6) is 0 Å². The normalized spacial score (nSPS) is 14.5. The van der Waals surface area contributed by atoms with Crippen LogP contribution in [0, 0.1) is 0 Å². The highest BCUT2D eigenvalue weighted by molar-refractivity contribution is 6.37. The topological polar surface area (TPSA) is 96.9 Å². The van der Waals surface area contributed by atoms with E-state index in [0.29, 0.717) is 0 Å². The number of rotatable bonds is 4. The molecule has 2 amide bonds. The van der Waals surface area contributed by atoms with Crippen LogP contribution >= 0.6 is 0 Å². The first-order valence-corrected chi connectivity index (χ1v) is 6.75. The molecule has 0 aromatic heterocycles. The number of esters is 1. The van der Waals surface area contributed by atoms with Gasteiger partial charge in [0.05, 0.1) is 5.56 Å². The van der Waals surface area contributed by atoms with E-state index in [0.717, 1.165) is 24.3 Å². The molecule has 1 aliphatic heterocycles. The summed E-state index contributed by atoms with van der Waals surface area (Å²) in [5, 5.41) is 5.80. The zero-order valence-corrected chi connectivity index (χ0v) is 12.1. The van der Waals surface area contributed by atoms with Crippen molar-refractivity contribution in [3.05, 3.63) is 29.8 Å². The van der Waals surface area contributed by atoms with Crippen molar-refractivity contribution in [1.82, 2.24) is 5.43 Å². The van der Waals surface area contributed by atoms with Crippen LogP contribution in [-0.4, -0.2) is 30.1 Å². The lowest BCUT2D eigenvalue weighted by Gasteiger charge is -2.11. The van der Waals surface area contributed by atoms with Gasteiger partial charge in [-0.15, -0.1) is 0 Å². The van der Waals surface area contributed by atoms with Gasteiger partial charge in [0.1, 0.15) is 5.71 Å². The number of amides is 2. The quantitative estimate of drug-likeness (QED) is 0.809. The molecular formula is C14H12F3N3O4. The number of benzene rings is 1. The van der Waals surface area contributed by atoms with Crippen LogP contribution in [0.1, 0.15) is 18.4 Å². The van der Waals surface area contributed by atoms with E-state index in [1.54, 1.807) is 0 Å². The van der Waals surface area contributed by atoms with Crippen molar-refractivity contribution in [1.29, 1.82) is 0 Å². The smallest absolute Gasteiger partial charge is 0.416 e. The third-order valence-corrected chi connectivity index (χ3v) is 2.97. The number of carbonyl (C=O) groups is 3. The Kier molecular flexibility index (Phi) is 5.17. The number of nitrogens with one attached hydrogen (secondary N) is 2. The standard InChI is InChI=1S/C14H12F3N3O4/c15-14(16,17)8-1-3-9(4-2-8)18-12(22)7-24-13(23)10-5-6-11(21)20-19-10/h1-4H,5-7H2,(H,18,22)(H,20,21). The van der Waals surface area contributed by atoms with Crippen LogP contribution in [0.3, 0.4) is 0 Å². The van der Waals surface area contributed by atoms with E-state index in [9.17, 15) is 27.6 Å². The molecule has 0 atom stereocenters. The lowest BCUT2D eigenvalue weighted by atomic mass is 10.2. The molecule has 7 nitrogen and oxygen atoms in total. The summed E-state index contributed by atoms with van der Waals surface area (Å²) in [5.74, 6) is -1.90. The number of halogens is 3. The first-order chi connectivity index (χ1) is 11.3. The van der Waals surface area contributed by atoms with Gasteiger partial charge in [0.2, 0.25) is 5.91 Å². The van der Waals surface area contributed by atoms with Gasteiger partial charge in [-0.2, -0.15) is 18.3 Å². The Bertz CT molecular complexity index is 684. The molecule has 0 saturated heterocycles. The summed E-state index contributed by atoms with van der Waals surface area (Å²) in [7, 11) is 0. The minimum Gasteiger partial charge on any atom is -0.451 e. The summed E-state index contributed by atoms with van der Waals surface area (Å²) in [6.07, 6.45) is -4.27. The molecule has 0 bridgehead atoms. The van der Waals surface area contributed by atoms with Crippen LogP contribution in [-0.2, 0) is 25.3 Å². The zero-order valence-electron chi connectivity index (χ0n) is 12.1. The molecule has 128 valence electrons. The number of hydrogen-bond acceptors (Lipinski definition) is 5. The monoisotopic (exact) mass is 343 g/mol. The second kappa shape index (κ2) is 7.11. The minimum atomic E-state index is -4.46. The van der Waals surface area contributed by atoms with E-state index in [1.165, 1.54) is 0 Å². The Balaban J connectivity index is 1.83. The van der Waals surface area contributed by atoms with Crippen molar-refractivity contribution >= 4 is 29.2 Å². The molecule has 24 heavy (non-hydrogen) atoms. The third-order valence-electron chi connectivity index (χ3n) is 2.97. The van der Waals surface area contributed by atoms with Gasteiger partial charge in [0, 0.05) is 18.5 Å². The molecule has 2 rings (SSSR count). The van der Waals surface area contributed by atoms with Crippen LogP contribution in [0.25, 0.3) is 0 Å². The summed E-state index contributed by atoms with van der Waals surface area (Å²) in [6.45, 7) is -0.632. The maximum atomic E-state index is 12.4. The van der Waals surface area contributed by atoms with E-state index in [4.69, 9.17) is 4.74 Å². The average Bonchev–Trinajstić information content (AvgIpc) is 2.53. The first kappa shape index (κ1) is 17.4. The molecule has 0 unspecified atom stereocenters. The van der Waals surface area contributed by atoms with Gasteiger partial charge in [0.25, 0.3) is 5.91 Å².